The quantitative estimate of drug-likeness (QED) is 0.558. The minimum atomic E-state index is -0.743. The molecule has 3 amide bonds. The number of morpholine rings is 1. The lowest BCUT2D eigenvalue weighted by Crippen LogP contribution is -2.45. The molecule has 37 heavy (non-hydrogen) atoms. The molecule has 1 fully saturated rings. The van der Waals surface area contributed by atoms with Gasteiger partial charge < -0.3 is 25.0 Å². The monoisotopic (exact) mass is 508 g/mol. The van der Waals surface area contributed by atoms with Gasteiger partial charge in [-0.2, -0.15) is 0 Å². The van der Waals surface area contributed by atoms with Crippen molar-refractivity contribution in [1.82, 2.24) is 10.2 Å². The van der Waals surface area contributed by atoms with E-state index in [-0.39, 0.29) is 24.4 Å². The second kappa shape index (κ2) is 12.2. The Hall–Kier alpha value is -3.43. The maximum Gasteiger partial charge on any atom is 0.313 e. The molecule has 2 aliphatic rings. The van der Waals surface area contributed by atoms with Crippen LogP contribution < -0.4 is 20.3 Å². The van der Waals surface area contributed by atoms with Crippen LogP contribution in [0, 0.1) is 5.92 Å². The van der Waals surface area contributed by atoms with Crippen molar-refractivity contribution >= 4 is 29.1 Å². The number of ether oxygens (including phenoxy) is 2. The number of nitrogens with zero attached hydrogens (tertiary/aromatic N) is 2. The van der Waals surface area contributed by atoms with Crippen molar-refractivity contribution in [2.24, 2.45) is 5.92 Å². The molecule has 2 aliphatic heterocycles. The van der Waals surface area contributed by atoms with Gasteiger partial charge in [0.1, 0.15) is 5.75 Å². The number of carbonyl (C=O) groups is 3. The number of nitrogens with one attached hydrogen (secondary N) is 2. The summed E-state index contributed by atoms with van der Waals surface area (Å²) in [6.07, 6.45) is 1.78. The first kappa shape index (κ1) is 26.6. The summed E-state index contributed by atoms with van der Waals surface area (Å²) in [5, 5.41) is 5.50. The van der Waals surface area contributed by atoms with E-state index in [1.807, 2.05) is 44.2 Å². The molecule has 2 aromatic rings. The predicted octanol–water partition coefficient (Wildman–Crippen LogP) is 2.76. The lowest BCUT2D eigenvalue weighted by atomic mass is 9.99. The molecule has 1 unspecified atom stereocenters. The molecular formula is C28H36N4O5. The molecule has 0 radical (unpaired) electrons. The highest BCUT2D eigenvalue weighted by Crippen LogP contribution is 2.31. The van der Waals surface area contributed by atoms with Crippen LogP contribution in [-0.4, -0.2) is 69.1 Å². The van der Waals surface area contributed by atoms with Crippen molar-refractivity contribution in [3.05, 3.63) is 53.6 Å². The number of hydrogen-bond acceptors (Lipinski definition) is 6. The van der Waals surface area contributed by atoms with Crippen molar-refractivity contribution in [3.8, 4) is 5.75 Å². The maximum atomic E-state index is 12.8. The Labute approximate surface area is 218 Å². The average molecular weight is 509 g/mol. The molecule has 0 aliphatic carbocycles. The third-order valence-corrected chi connectivity index (χ3v) is 6.87. The largest absolute Gasteiger partial charge is 0.497 e. The number of methoxy groups -OCH3 is 1. The number of hydrogen-bond donors (Lipinski definition) is 2. The molecule has 198 valence electrons. The van der Waals surface area contributed by atoms with E-state index in [0.717, 1.165) is 48.5 Å². The molecule has 9 nitrogen and oxygen atoms in total. The second-order valence-corrected chi connectivity index (χ2v) is 9.69. The fourth-order valence-corrected chi connectivity index (χ4v) is 4.82. The highest BCUT2D eigenvalue weighted by Gasteiger charge is 2.27. The van der Waals surface area contributed by atoms with Gasteiger partial charge in [-0.05, 0) is 48.2 Å². The third kappa shape index (κ3) is 6.47. The van der Waals surface area contributed by atoms with Crippen molar-refractivity contribution in [3.63, 3.8) is 0 Å². The van der Waals surface area contributed by atoms with Crippen LogP contribution in [0.15, 0.2) is 42.5 Å². The Balaban J connectivity index is 1.42. The molecule has 0 spiro atoms. The van der Waals surface area contributed by atoms with Crippen molar-refractivity contribution < 1.29 is 23.9 Å². The van der Waals surface area contributed by atoms with Crippen molar-refractivity contribution in [1.29, 1.82) is 0 Å². The second-order valence-electron chi connectivity index (χ2n) is 9.69. The van der Waals surface area contributed by atoms with Gasteiger partial charge >= 0.3 is 11.8 Å². The standard InChI is InChI=1S/C28H36N4O5/c1-19(2)28(35)32-12-4-5-20-6-9-22(17-24(20)32)30-27(34)26(33)29-18-25(31-13-15-37-16-14-31)21-7-10-23(36-3)11-8-21/h6-11,17,19,25H,4-5,12-16,18H2,1-3H3,(H,29,33)(H,30,34). The van der Waals surface area contributed by atoms with Crippen LogP contribution in [0.2, 0.25) is 0 Å². The van der Waals surface area contributed by atoms with Crippen LogP contribution in [0.1, 0.15) is 37.4 Å². The Bertz CT molecular complexity index is 1110. The fraction of sp³-hybridized carbons (Fsp3) is 0.464. The lowest BCUT2D eigenvalue weighted by molar-refractivity contribution is -0.136. The summed E-state index contributed by atoms with van der Waals surface area (Å²) in [6.45, 7) is 7.39. The van der Waals surface area contributed by atoms with E-state index < -0.39 is 11.8 Å². The van der Waals surface area contributed by atoms with E-state index in [1.165, 1.54) is 0 Å². The van der Waals surface area contributed by atoms with Gasteiger partial charge in [0.05, 0.1) is 26.4 Å². The molecule has 1 atom stereocenters. The molecule has 9 heteroatoms. The highest BCUT2D eigenvalue weighted by molar-refractivity contribution is 6.39. The van der Waals surface area contributed by atoms with E-state index in [0.29, 0.717) is 25.4 Å². The molecule has 2 aromatic carbocycles. The van der Waals surface area contributed by atoms with Crippen LogP contribution in [0.4, 0.5) is 11.4 Å². The van der Waals surface area contributed by atoms with E-state index in [9.17, 15) is 14.4 Å². The Morgan fingerprint density at radius 1 is 1.00 bits per heavy atom. The van der Waals surface area contributed by atoms with Gasteiger partial charge in [0.2, 0.25) is 5.91 Å². The molecule has 4 rings (SSSR count). The third-order valence-electron chi connectivity index (χ3n) is 6.87. The van der Waals surface area contributed by atoms with E-state index in [4.69, 9.17) is 9.47 Å². The van der Waals surface area contributed by atoms with Gasteiger partial charge in [0.25, 0.3) is 0 Å². The Morgan fingerprint density at radius 3 is 2.41 bits per heavy atom. The van der Waals surface area contributed by atoms with Crippen LogP contribution in [0.25, 0.3) is 0 Å². The topological polar surface area (TPSA) is 100 Å². The smallest absolute Gasteiger partial charge is 0.313 e. The van der Waals surface area contributed by atoms with Gasteiger partial charge in [0.15, 0.2) is 0 Å². The summed E-state index contributed by atoms with van der Waals surface area (Å²) in [5.74, 6) is -0.769. The molecule has 0 aromatic heterocycles. The van der Waals surface area contributed by atoms with Crippen LogP contribution >= 0.6 is 0 Å². The summed E-state index contributed by atoms with van der Waals surface area (Å²) >= 11 is 0. The van der Waals surface area contributed by atoms with E-state index in [1.54, 1.807) is 24.1 Å². The number of rotatable bonds is 7. The normalized spacial score (nSPS) is 16.6. The summed E-state index contributed by atoms with van der Waals surface area (Å²) in [5.41, 5.74) is 3.38. The van der Waals surface area contributed by atoms with E-state index in [2.05, 4.69) is 15.5 Å². The zero-order chi connectivity index (χ0) is 26.4. The summed E-state index contributed by atoms with van der Waals surface area (Å²) in [4.78, 5) is 42.2. The molecule has 1 saturated heterocycles. The van der Waals surface area contributed by atoms with E-state index >= 15 is 0 Å². The zero-order valence-electron chi connectivity index (χ0n) is 21.8. The summed E-state index contributed by atoms with van der Waals surface area (Å²) in [6, 6.07) is 13.1. The van der Waals surface area contributed by atoms with Gasteiger partial charge in [-0.15, -0.1) is 0 Å². The van der Waals surface area contributed by atoms with Gasteiger partial charge in [-0.1, -0.05) is 32.0 Å². The molecule has 2 heterocycles. The minimum absolute atomic E-state index is 0.0508. The summed E-state index contributed by atoms with van der Waals surface area (Å²) in [7, 11) is 1.62. The molecular weight excluding hydrogens is 472 g/mol. The summed E-state index contributed by atoms with van der Waals surface area (Å²) < 4.78 is 10.8. The number of amides is 3. The fourth-order valence-electron chi connectivity index (χ4n) is 4.82. The Morgan fingerprint density at radius 2 is 1.73 bits per heavy atom. The van der Waals surface area contributed by atoms with Crippen molar-refractivity contribution in [2.45, 2.75) is 32.7 Å². The number of carbonyl (C=O) groups excluding carboxylic acids is 3. The zero-order valence-corrected chi connectivity index (χ0v) is 21.8. The molecule has 0 saturated carbocycles. The van der Waals surface area contributed by atoms with Gasteiger partial charge in [-0.3, -0.25) is 19.3 Å². The SMILES string of the molecule is COc1ccc(C(CNC(=O)C(=O)Nc2ccc3c(c2)N(C(=O)C(C)C)CCC3)N2CCOCC2)cc1. The number of fused-ring (bicyclic) bond motifs is 1. The van der Waals surface area contributed by atoms with Gasteiger partial charge in [-0.25, -0.2) is 0 Å². The minimum Gasteiger partial charge on any atom is -0.497 e. The number of anilines is 2. The van der Waals surface area contributed by atoms with Crippen LogP contribution in [0.5, 0.6) is 5.75 Å². The number of benzene rings is 2. The number of aryl methyl sites for hydroxylation is 1. The molecule has 0 bridgehead atoms. The van der Waals surface area contributed by atoms with Crippen molar-refractivity contribution in [2.75, 3.05) is 56.7 Å². The Kier molecular flexibility index (Phi) is 8.78. The van der Waals surface area contributed by atoms with Crippen LogP contribution in [-0.2, 0) is 25.5 Å². The lowest BCUT2D eigenvalue weighted by Gasteiger charge is -2.35. The maximum absolute atomic E-state index is 12.8. The predicted molar refractivity (Wildman–Crippen MR) is 142 cm³/mol. The highest BCUT2D eigenvalue weighted by atomic mass is 16.5. The van der Waals surface area contributed by atoms with Crippen LogP contribution in [0.3, 0.4) is 0 Å². The first-order chi connectivity index (χ1) is 17.9. The molecule has 2 N–H and O–H groups in total. The average Bonchev–Trinajstić information content (AvgIpc) is 2.93. The first-order valence-corrected chi connectivity index (χ1v) is 12.9. The van der Waals surface area contributed by atoms with Gasteiger partial charge in [0, 0.05) is 43.5 Å². The first-order valence-electron chi connectivity index (χ1n) is 12.9.